The zero-order chi connectivity index (χ0) is 21.0. The van der Waals surface area contributed by atoms with Gasteiger partial charge in [0.1, 0.15) is 5.01 Å². The molecule has 0 aliphatic carbocycles. The third-order valence-corrected chi connectivity index (χ3v) is 7.05. The van der Waals surface area contributed by atoms with Crippen molar-refractivity contribution in [1.82, 2.24) is 20.4 Å². The van der Waals surface area contributed by atoms with Crippen LogP contribution >= 0.6 is 34.7 Å². The van der Waals surface area contributed by atoms with Crippen molar-refractivity contribution in [3.05, 3.63) is 46.6 Å². The molecule has 2 aromatic heterocycles. The zero-order valence-electron chi connectivity index (χ0n) is 15.2. The van der Waals surface area contributed by atoms with E-state index < -0.39 is 15.3 Å². The number of nitrogens with zero attached hydrogens (tertiary/aromatic N) is 4. The smallest absolute Gasteiger partial charge is 0.263 e. The number of aryl methyl sites for hydroxylation is 1. The molecule has 3 rings (SSSR count). The molecule has 1 aromatic carbocycles. The summed E-state index contributed by atoms with van der Waals surface area (Å²) in [6, 6.07) is 8.60. The van der Waals surface area contributed by atoms with Gasteiger partial charge >= 0.3 is 0 Å². The number of hydrogen-bond acceptors (Lipinski definition) is 9. The predicted octanol–water partition coefficient (Wildman–Crippen LogP) is 3.21. The third kappa shape index (κ3) is 5.85. The van der Waals surface area contributed by atoms with Crippen molar-refractivity contribution < 1.29 is 13.2 Å². The van der Waals surface area contributed by atoms with Gasteiger partial charge in [0, 0.05) is 5.69 Å². The topological polar surface area (TPSA) is 127 Å². The van der Waals surface area contributed by atoms with Crippen LogP contribution in [0.4, 0.5) is 11.5 Å². The summed E-state index contributed by atoms with van der Waals surface area (Å²) in [6.45, 7) is 3.60. The number of hydrogen-bond donors (Lipinski definition) is 2. The van der Waals surface area contributed by atoms with Crippen LogP contribution in [0.15, 0.2) is 45.6 Å². The van der Waals surface area contributed by atoms with Gasteiger partial charge in [0.05, 0.1) is 10.1 Å². The molecule has 3 aromatic rings. The molecule has 0 aliphatic rings. The first-order valence-corrected chi connectivity index (χ1v) is 11.7. The molecule has 152 valence electrons. The van der Waals surface area contributed by atoms with Crippen molar-refractivity contribution in [2.45, 2.75) is 28.3 Å². The van der Waals surface area contributed by atoms with Crippen LogP contribution in [0, 0.1) is 6.92 Å². The molecule has 0 aliphatic heterocycles. The molecule has 0 saturated heterocycles. The highest BCUT2D eigenvalue weighted by Gasteiger charge is 2.18. The number of thioether (sulfide) groups is 1. The first kappa shape index (κ1) is 21.4. The Kier molecular flexibility index (Phi) is 6.67. The normalized spacial score (nSPS) is 12.4. The Hall–Kier alpha value is -2.28. The highest BCUT2D eigenvalue weighted by molar-refractivity contribution is 8.02. The lowest BCUT2D eigenvalue weighted by Crippen LogP contribution is -2.22. The number of halogens is 1. The molecule has 13 heteroatoms. The number of carbonyl (C=O) groups excluding carboxylic acids is 1. The quantitative estimate of drug-likeness (QED) is 0.504. The van der Waals surface area contributed by atoms with Crippen LogP contribution < -0.4 is 10.0 Å². The van der Waals surface area contributed by atoms with Crippen molar-refractivity contribution in [3.8, 4) is 0 Å². The van der Waals surface area contributed by atoms with E-state index in [1.54, 1.807) is 6.92 Å². The van der Waals surface area contributed by atoms with Crippen LogP contribution in [0.1, 0.15) is 11.9 Å². The van der Waals surface area contributed by atoms with Gasteiger partial charge in [-0.1, -0.05) is 34.7 Å². The number of benzene rings is 1. The number of nitrogens with one attached hydrogen (secondary N) is 2. The highest BCUT2D eigenvalue weighted by Crippen LogP contribution is 2.27. The monoisotopic (exact) mass is 470 g/mol. The van der Waals surface area contributed by atoms with Crippen molar-refractivity contribution in [1.29, 1.82) is 0 Å². The summed E-state index contributed by atoms with van der Waals surface area (Å²) in [6.07, 6.45) is 0. The van der Waals surface area contributed by atoms with E-state index >= 15 is 0 Å². The molecule has 0 bridgehead atoms. The van der Waals surface area contributed by atoms with E-state index in [-0.39, 0.29) is 21.8 Å². The molecule has 0 radical (unpaired) electrons. The average Bonchev–Trinajstić information content (AvgIpc) is 3.08. The van der Waals surface area contributed by atoms with E-state index in [1.165, 1.54) is 59.5 Å². The molecular weight excluding hydrogens is 456 g/mol. The molecule has 9 nitrogen and oxygen atoms in total. The number of amides is 1. The summed E-state index contributed by atoms with van der Waals surface area (Å²) >= 11 is 8.36. The van der Waals surface area contributed by atoms with Crippen LogP contribution in [0.2, 0.25) is 5.15 Å². The average molecular weight is 471 g/mol. The summed E-state index contributed by atoms with van der Waals surface area (Å²) in [7, 11) is -3.85. The van der Waals surface area contributed by atoms with Crippen molar-refractivity contribution in [3.63, 3.8) is 0 Å². The lowest BCUT2D eigenvalue weighted by atomic mass is 10.3. The molecule has 1 unspecified atom stereocenters. The summed E-state index contributed by atoms with van der Waals surface area (Å²) in [5, 5.41) is 18.5. The summed E-state index contributed by atoms with van der Waals surface area (Å²) < 4.78 is 27.9. The van der Waals surface area contributed by atoms with Gasteiger partial charge in [0.2, 0.25) is 5.91 Å². The Morgan fingerprint density at radius 2 is 1.83 bits per heavy atom. The van der Waals surface area contributed by atoms with Gasteiger partial charge < -0.3 is 5.32 Å². The Labute approximate surface area is 180 Å². The number of anilines is 2. The predicted molar refractivity (Wildman–Crippen MR) is 113 cm³/mol. The molecule has 1 atom stereocenters. The highest BCUT2D eigenvalue weighted by atomic mass is 35.5. The van der Waals surface area contributed by atoms with Gasteiger partial charge in [-0.25, -0.2) is 8.42 Å². The van der Waals surface area contributed by atoms with Crippen molar-refractivity contribution in [2.24, 2.45) is 0 Å². The molecule has 0 fully saturated rings. The second-order valence-electron chi connectivity index (χ2n) is 5.71. The van der Waals surface area contributed by atoms with E-state index in [9.17, 15) is 13.2 Å². The Bertz CT molecular complexity index is 1100. The van der Waals surface area contributed by atoms with Gasteiger partial charge in [-0.15, -0.1) is 20.4 Å². The van der Waals surface area contributed by atoms with Crippen molar-refractivity contribution >= 4 is 62.1 Å². The standard InChI is InChI=1S/C16H15ClN6O3S3/c1-9(27-16-22-19-10(2)28-16)15(24)18-11-3-5-12(6-4-11)29(25,26)23-14-8-7-13(17)20-21-14/h3-9H,1-2H3,(H,18,24)(H,21,23). The maximum atomic E-state index is 12.4. The largest absolute Gasteiger partial charge is 0.325 e. The molecule has 2 heterocycles. The zero-order valence-corrected chi connectivity index (χ0v) is 18.4. The molecule has 0 spiro atoms. The van der Waals surface area contributed by atoms with Crippen LogP contribution in [-0.4, -0.2) is 40.0 Å². The SMILES string of the molecule is Cc1nnc(SC(C)C(=O)Nc2ccc(S(=O)(=O)Nc3ccc(Cl)nn3)cc2)s1. The van der Waals surface area contributed by atoms with E-state index in [4.69, 9.17) is 11.6 Å². The third-order valence-electron chi connectivity index (χ3n) is 3.46. The molecule has 0 saturated carbocycles. The van der Waals surface area contributed by atoms with Gasteiger partial charge in [-0.05, 0) is 50.2 Å². The van der Waals surface area contributed by atoms with Crippen LogP contribution in [-0.2, 0) is 14.8 Å². The van der Waals surface area contributed by atoms with E-state index in [0.717, 1.165) is 5.01 Å². The number of sulfonamides is 1. The van der Waals surface area contributed by atoms with Crippen LogP contribution in [0.5, 0.6) is 0 Å². The molecular formula is C16H15ClN6O3S3. The summed E-state index contributed by atoms with van der Waals surface area (Å²) in [5.74, 6) is -0.183. The minimum Gasteiger partial charge on any atom is -0.325 e. The Morgan fingerprint density at radius 1 is 1.10 bits per heavy atom. The maximum Gasteiger partial charge on any atom is 0.263 e. The van der Waals surface area contributed by atoms with Gasteiger partial charge in [0.15, 0.2) is 15.3 Å². The fraction of sp³-hybridized carbons (Fsp3) is 0.188. The van der Waals surface area contributed by atoms with Gasteiger partial charge in [0.25, 0.3) is 10.0 Å². The molecule has 29 heavy (non-hydrogen) atoms. The summed E-state index contributed by atoms with van der Waals surface area (Å²) in [4.78, 5) is 12.4. The van der Waals surface area contributed by atoms with E-state index in [1.807, 2.05) is 6.92 Å². The minimum atomic E-state index is -3.85. The fourth-order valence-electron chi connectivity index (χ4n) is 2.06. The van der Waals surface area contributed by atoms with Gasteiger partial charge in [-0.3, -0.25) is 9.52 Å². The van der Waals surface area contributed by atoms with Gasteiger partial charge in [-0.2, -0.15) is 0 Å². The lowest BCUT2D eigenvalue weighted by molar-refractivity contribution is -0.115. The van der Waals surface area contributed by atoms with Crippen LogP contribution in [0.25, 0.3) is 0 Å². The van der Waals surface area contributed by atoms with E-state index in [2.05, 4.69) is 30.4 Å². The second-order valence-corrected chi connectivity index (χ2v) is 10.5. The Balaban J connectivity index is 1.62. The fourth-order valence-corrected chi connectivity index (χ4v) is 5.12. The van der Waals surface area contributed by atoms with E-state index in [0.29, 0.717) is 10.0 Å². The van der Waals surface area contributed by atoms with Crippen molar-refractivity contribution in [2.75, 3.05) is 10.0 Å². The lowest BCUT2D eigenvalue weighted by Gasteiger charge is -2.11. The summed E-state index contributed by atoms with van der Waals surface area (Å²) in [5.41, 5.74) is 0.473. The number of rotatable bonds is 7. The first-order valence-electron chi connectivity index (χ1n) is 8.13. The molecule has 2 N–H and O–H groups in total. The number of aromatic nitrogens is 4. The molecule has 1 amide bonds. The Morgan fingerprint density at radius 3 is 2.41 bits per heavy atom. The first-order chi connectivity index (χ1) is 13.7. The van der Waals surface area contributed by atoms with Crippen LogP contribution in [0.3, 0.4) is 0 Å². The maximum absolute atomic E-state index is 12.4. The second kappa shape index (κ2) is 9.03. The number of carbonyl (C=O) groups is 1. The minimum absolute atomic E-state index is 0.0130.